The van der Waals surface area contributed by atoms with Gasteiger partial charge < -0.3 is 19.6 Å². The first-order chi connectivity index (χ1) is 11.1. The van der Waals surface area contributed by atoms with Crippen LogP contribution in [0.3, 0.4) is 0 Å². The van der Waals surface area contributed by atoms with Crippen molar-refractivity contribution in [3.63, 3.8) is 0 Å². The van der Waals surface area contributed by atoms with Gasteiger partial charge in [-0.05, 0) is 45.1 Å². The number of aromatic nitrogens is 2. The van der Waals surface area contributed by atoms with E-state index in [1.54, 1.807) is 27.8 Å². The molecule has 0 spiro atoms. The van der Waals surface area contributed by atoms with E-state index in [1.165, 1.54) is 11.0 Å². The Bertz CT molecular complexity index is 835. The molecule has 6 nitrogen and oxygen atoms in total. The molecule has 1 aromatic carbocycles. The predicted octanol–water partition coefficient (Wildman–Crippen LogP) is 3.17. The van der Waals surface area contributed by atoms with Crippen LogP contribution in [0, 0.1) is 10.6 Å². The van der Waals surface area contributed by atoms with Crippen molar-refractivity contribution in [3.8, 4) is 0 Å². The third-order valence-electron chi connectivity index (χ3n) is 3.24. The molecule has 0 aliphatic carbocycles. The smallest absolute Gasteiger partial charge is 0.308 e. The normalized spacial score (nSPS) is 11.5. The molecular weight excluding hydrogens is 333 g/mol. The first kappa shape index (κ1) is 18.1. The summed E-state index contributed by atoms with van der Waals surface area (Å²) in [6.45, 7) is 5.49. The molecular formula is C16H20FN3O3S. The summed E-state index contributed by atoms with van der Waals surface area (Å²) in [4.78, 5) is 31.3. The van der Waals surface area contributed by atoms with E-state index >= 15 is 0 Å². The minimum absolute atomic E-state index is 0.0567. The molecule has 2 rings (SSSR count). The molecule has 0 fully saturated rings. The van der Waals surface area contributed by atoms with Gasteiger partial charge in [0.2, 0.25) is 0 Å². The molecule has 0 aliphatic rings. The Morgan fingerprint density at radius 3 is 2.58 bits per heavy atom. The van der Waals surface area contributed by atoms with Crippen LogP contribution in [0.15, 0.2) is 12.1 Å². The van der Waals surface area contributed by atoms with Crippen LogP contribution in [0.25, 0.3) is 11.0 Å². The van der Waals surface area contributed by atoms with E-state index in [1.807, 2.05) is 0 Å². The van der Waals surface area contributed by atoms with Gasteiger partial charge in [0, 0.05) is 13.6 Å². The molecule has 1 heterocycles. The molecule has 2 N–H and O–H groups in total. The number of carbonyl (C=O) groups is 2. The Kier molecular flexibility index (Phi) is 5.08. The van der Waals surface area contributed by atoms with Crippen LogP contribution in [0.5, 0.6) is 0 Å². The summed E-state index contributed by atoms with van der Waals surface area (Å²) in [5, 5.41) is 0. The molecule has 130 valence electrons. The molecule has 0 unspecified atom stereocenters. The highest BCUT2D eigenvalue weighted by Crippen LogP contribution is 2.19. The minimum Gasteiger partial charge on any atom is -0.460 e. The fourth-order valence-corrected chi connectivity index (χ4v) is 2.45. The summed E-state index contributed by atoms with van der Waals surface area (Å²) in [5.41, 5.74) is 0.442. The maximum Gasteiger partial charge on any atom is 0.308 e. The average molecular weight is 353 g/mol. The molecule has 1 aromatic heterocycles. The lowest BCUT2D eigenvalue weighted by Crippen LogP contribution is -2.31. The minimum atomic E-state index is -0.575. The van der Waals surface area contributed by atoms with Crippen LogP contribution in [0.4, 0.5) is 4.39 Å². The van der Waals surface area contributed by atoms with Crippen molar-refractivity contribution in [2.45, 2.75) is 32.8 Å². The summed E-state index contributed by atoms with van der Waals surface area (Å²) in [5.74, 6) is -1.35. The van der Waals surface area contributed by atoms with Gasteiger partial charge in [-0.1, -0.05) is 0 Å². The molecule has 0 saturated heterocycles. The number of rotatable bonds is 4. The monoisotopic (exact) mass is 353 g/mol. The molecule has 2 aromatic rings. The van der Waals surface area contributed by atoms with Crippen LogP contribution in [-0.4, -0.2) is 45.9 Å². The van der Waals surface area contributed by atoms with Gasteiger partial charge in [0.25, 0.3) is 5.91 Å². The van der Waals surface area contributed by atoms with Crippen molar-refractivity contribution in [1.29, 1.82) is 0 Å². The van der Waals surface area contributed by atoms with Gasteiger partial charge in [0.15, 0.2) is 4.77 Å². The molecule has 0 bridgehead atoms. The number of esters is 1. The molecule has 0 aliphatic heterocycles. The van der Waals surface area contributed by atoms with E-state index in [0.29, 0.717) is 15.8 Å². The van der Waals surface area contributed by atoms with E-state index in [-0.39, 0.29) is 18.5 Å². The highest BCUT2D eigenvalue weighted by Gasteiger charge is 2.20. The van der Waals surface area contributed by atoms with Gasteiger partial charge in [-0.3, -0.25) is 9.59 Å². The first-order valence-electron chi connectivity index (χ1n) is 7.45. The van der Waals surface area contributed by atoms with Crippen molar-refractivity contribution in [3.05, 3.63) is 28.3 Å². The van der Waals surface area contributed by atoms with Crippen molar-refractivity contribution >= 4 is 35.1 Å². The van der Waals surface area contributed by atoms with E-state index in [9.17, 15) is 14.0 Å². The number of fused-ring (bicyclic) bond motifs is 1. The van der Waals surface area contributed by atoms with Crippen LogP contribution >= 0.6 is 12.2 Å². The zero-order valence-corrected chi connectivity index (χ0v) is 14.8. The summed E-state index contributed by atoms with van der Waals surface area (Å²) >= 11 is 4.98. The Hall–Kier alpha value is -2.22. The molecule has 0 radical (unpaired) electrons. The molecule has 24 heavy (non-hydrogen) atoms. The summed E-state index contributed by atoms with van der Waals surface area (Å²) in [7, 11) is 1.55. The second-order valence-electron chi connectivity index (χ2n) is 6.52. The number of aromatic amines is 2. The highest BCUT2D eigenvalue weighted by molar-refractivity contribution is 7.71. The number of hydrogen-bond acceptors (Lipinski definition) is 4. The Morgan fingerprint density at radius 1 is 1.29 bits per heavy atom. The molecule has 1 amide bonds. The van der Waals surface area contributed by atoms with Crippen molar-refractivity contribution in [2.75, 3.05) is 13.6 Å². The highest BCUT2D eigenvalue weighted by atomic mass is 32.1. The third kappa shape index (κ3) is 4.41. The summed E-state index contributed by atoms with van der Waals surface area (Å²) in [6, 6.07) is 2.41. The SMILES string of the molecule is CN(CCC(=O)OC(C)(C)C)C(=O)c1cc(F)cc2[nH]c(=S)[nH]c12. The lowest BCUT2D eigenvalue weighted by molar-refractivity contribution is -0.154. The Balaban J connectivity index is 2.14. The number of amides is 1. The number of imidazole rings is 1. The van der Waals surface area contributed by atoms with E-state index in [2.05, 4.69) is 9.97 Å². The number of hydrogen-bond donors (Lipinski definition) is 2. The van der Waals surface area contributed by atoms with Gasteiger partial charge in [-0.2, -0.15) is 0 Å². The zero-order valence-electron chi connectivity index (χ0n) is 14.0. The standard InChI is InChI=1S/C16H20FN3O3S/c1-16(2,3)23-12(21)5-6-20(4)14(22)10-7-9(17)8-11-13(10)19-15(24)18-11/h7-8H,5-6H2,1-4H3,(H2,18,19,24). The maximum atomic E-state index is 13.7. The average Bonchev–Trinajstić information content (AvgIpc) is 2.81. The first-order valence-corrected chi connectivity index (χ1v) is 7.86. The van der Waals surface area contributed by atoms with E-state index in [4.69, 9.17) is 17.0 Å². The van der Waals surface area contributed by atoms with Gasteiger partial charge >= 0.3 is 5.97 Å². The molecule has 8 heteroatoms. The van der Waals surface area contributed by atoms with Gasteiger partial charge in [0.05, 0.1) is 23.0 Å². The zero-order chi connectivity index (χ0) is 18.1. The van der Waals surface area contributed by atoms with Crippen molar-refractivity contribution < 1.29 is 18.7 Å². The summed E-state index contributed by atoms with van der Waals surface area (Å²) in [6.07, 6.45) is 0.0567. The van der Waals surface area contributed by atoms with Crippen LogP contribution in [-0.2, 0) is 9.53 Å². The fourth-order valence-electron chi connectivity index (χ4n) is 2.23. The van der Waals surface area contributed by atoms with Crippen molar-refractivity contribution in [2.24, 2.45) is 0 Å². The lowest BCUT2D eigenvalue weighted by atomic mass is 10.1. The Morgan fingerprint density at radius 2 is 1.96 bits per heavy atom. The number of nitrogens with one attached hydrogen (secondary N) is 2. The number of ether oxygens (including phenoxy) is 1. The molecule has 0 saturated carbocycles. The predicted molar refractivity (Wildman–Crippen MR) is 90.9 cm³/mol. The van der Waals surface area contributed by atoms with Crippen molar-refractivity contribution in [1.82, 2.24) is 14.9 Å². The van der Waals surface area contributed by atoms with Gasteiger partial charge in [-0.15, -0.1) is 0 Å². The topological polar surface area (TPSA) is 78.2 Å². The third-order valence-corrected chi connectivity index (χ3v) is 3.44. The largest absolute Gasteiger partial charge is 0.460 e. The molecule has 0 atom stereocenters. The second-order valence-corrected chi connectivity index (χ2v) is 6.93. The number of benzene rings is 1. The lowest BCUT2D eigenvalue weighted by Gasteiger charge is -2.21. The van der Waals surface area contributed by atoms with E-state index < -0.39 is 23.3 Å². The number of carbonyl (C=O) groups excluding carboxylic acids is 2. The van der Waals surface area contributed by atoms with E-state index in [0.717, 1.165) is 6.07 Å². The van der Waals surface area contributed by atoms with Crippen LogP contribution in [0.2, 0.25) is 0 Å². The maximum absolute atomic E-state index is 13.7. The van der Waals surface area contributed by atoms with Gasteiger partial charge in [-0.25, -0.2) is 4.39 Å². The number of H-pyrrole nitrogens is 2. The van der Waals surface area contributed by atoms with Gasteiger partial charge in [0.1, 0.15) is 11.4 Å². The Labute approximate surface area is 144 Å². The summed E-state index contributed by atoms with van der Waals surface area (Å²) < 4.78 is 19.2. The number of nitrogens with zero attached hydrogens (tertiary/aromatic N) is 1. The number of halogens is 1. The quantitative estimate of drug-likeness (QED) is 0.654. The van der Waals surface area contributed by atoms with Crippen LogP contribution in [0.1, 0.15) is 37.6 Å². The second kappa shape index (κ2) is 6.72. The van der Waals surface area contributed by atoms with Crippen LogP contribution < -0.4 is 0 Å². The fraction of sp³-hybridized carbons (Fsp3) is 0.438.